The molecule has 2 heterocycles. The Morgan fingerprint density at radius 1 is 1.28 bits per heavy atom. The molecule has 1 atom stereocenters. The van der Waals surface area contributed by atoms with Gasteiger partial charge in [0.1, 0.15) is 5.75 Å². The summed E-state index contributed by atoms with van der Waals surface area (Å²) in [6.45, 7) is 8.93. The predicted octanol–water partition coefficient (Wildman–Crippen LogP) is 1.20. The van der Waals surface area contributed by atoms with Gasteiger partial charge in [0.2, 0.25) is 0 Å². The van der Waals surface area contributed by atoms with Crippen molar-refractivity contribution in [1.82, 2.24) is 4.90 Å². The highest BCUT2D eigenvalue weighted by molar-refractivity contribution is 6.63. The van der Waals surface area contributed by atoms with E-state index in [1.54, 1.807) is 24.1 Å². The molecule has 0 bridgehead atoms. The van der Waals surface area contributed by atoms with Crippen LogP contribution in [-0.2, 0) is 9.31 Å². The summed E-state index contributed by atoms with van der Waals surface area (Å²) in [5, 5.41) is 9.63. The number of amides is 1. The molecule has 136 valence electrons. The smallest absolute Gasteiger partial charge is 0.497 e. The Bertz CT molecular complexity index is 659. The van der Waals surface area contributed by atoms with E-state index in [-0.39, 0.29) is 5.91 Å². The van der Waals surface area contributed by atoms with Crippen molar-refractivity contribution in [3.63, 3.8) is 0 Å². The number of carbonyl (C=O) groups excluding carboxylic acids is 1. The summed E-state index contributed by atoms with van der Waals surface area (Å²) in [6, 6.07) is 5.30. The van der Waals surface area contributed by atoms with Crippen molar-refractivity contribution < 1.29 is 23.9 Å². The number of carbonyl (C=O) groups is 1. The molecule has 25 heavy (non-hydrogen) atoms. The Balaban J connectivity index is 1.85. The normalized spacial score (nSPS) is 24.6. The maximum Gasteiger partial charge on any atom is 0.498 e. The fourth-order valence-corrected chi connectivity index (χ4v) is 3.12. The zero-order valence-corrected chi connectivity index (χ0v) is 15.5. The highest BCUT2D eigenvalue weighted by Crippen LogP contribution is 2.37. The first kappa shape index (κ1) is 18.2. The molecule has 0 unspecified atom stereocenters. The number of β-amino-alcohol motifs (C(OH)–C–C–N with tert-alkyl or cyclic N) is 1. The van der Waals surface area contributed by atoms with E-state index in [2.05, 4.69) is 0 Å². The monoisotopic (exact) mass is 347 g/mol. The molecule has 2 aliphatic rings. The van der Waals surface area contributed by atoms with Gasteiger partial charge in [0.05, 0.1) is 24.4 Å². The van der Waals surface area contributed by atoms with Gasteiger partial charge in [-0.3, -0.25) is 4.79 Å². The average Bonchev–Trinajstić information content (AvgIpc) is 3.07. The van der Waals surface area contributed by atoms with Crippen LogP contribution >= 0.6 is 0 Å². The maximum atomic E-state index is 12.6. The number of ether oxygens (including phenoxy) is 1. The molecule has 1 amide bonds. The largest absolute Gasteiger partial charge is 0.498 e. The molecule has 6 nitrogen and oxygen atoms in total. The summed E-state index contributed by atoms with van der Waals surface area (Å²) in [5.74, 6) is 0.458. The maximum absolute atomic E-state index is 12.6. The number of aliphatic hydroxyl groups excluding tert-OH is 1. The minimum absolute atomic E-state index is 0.102. The molecule has 3 rings (SSSR count). The molecule has 7 heteroatoms. The zero-order valence-electron chi connectivity index (χ0n) is 15.5. The third-order valence-corrected chi connectivity index (χ3v) is 5.44. The fraction of sp³-hybridized carbons (Fsp3) is 0.611. The lowest BCUT2D eigenvalue weighted by Gasteiger charge is -2.32. The lowest BCUT2D eigenvalue weighted by molar-refractivity contribution is 0.00578. The van der Waals surface area contributed by atoms with Crippen LogP contribution in [0.3, 0.4) is 0 Å². The topological polar surface area (TPSA) is 68.2 Å². The molecule has 0 aromatic heterocycles. The quantitative estimate of drug-likeness (QED) is 0.833. The molecular formula is C18H26BNO5. The van der Waals surface area contributed by atoms with Crippen molar-refractivity contribution >= 4 is 18.5 Å². The van der Waals surface area contributed by atoms with Crippen molar-refractivity contribution in [2.24, 2.45) is 0 Å². The lowest BCUT2D eigenvalue weighted by atomic mass is 9.78. The highest BCUT2D eigenvalue weighted by Gasteiger charge is 2.52. The van der Waals surface area contributed by atoms with Gasteiger partial charge in [0, 0.05) is 24.1 Å². The van der Waals surface area contributed by atoms with Crippen LogP contribution in [0.1, 0.15) is 44.5 Å². The van der Waals surface area contributed by atoms with E-state index in [1.165, 1.54) is 0 Å². The summed E-state index contributed by atoms with van der Waals surface area (Å²) in [6.07, 6.45) is 0.185. The van der Waals surface area contributed by atoms with Crippen LogP contribution in [-0.4, -0.2) is 60.5 Å². The number of hydrogen-bond acceptors (Lipinski definition) is 5. The Labute approximate surface area is 149 Å². The summed E-state index contributed by atoms with van der Waals surface area (Å²) >= 11 is 0. The minimum atomic E-state index is -0.544. The summed E-state index contributed by atoms with van der Waals surface area (Å²) in [7, 11) is 1.02. The van der Waals surface area contributed by atoms with E-state index in [0.717, 1.165) is 5.46 Å². The van der Waals surface area contributed by atoms with E-state index in [9.17, 15) is 9.90 Å². The molecule has 0 radical (unpaired) electrons. The predicted molar refractivity (Wildman–Crippen MR) is 95.2 cm³/mol. The van der Waals surface area contributed by atoms with Crippen LogP contribution in [0.25, 0.3) is 0 Å². The van der Waals surface area contributed by atoms with Crippen molar-refractivity contribution in [2.45, 2.75) is 51.4 Å². The first-order valence-electron chi connectivity index (χ1n) is 8.65. The summed E-state index contributed by atoms with van der Waals surface area (Å²) in [5.41, 5.74) is 0.413. The fourth-order valence-electron chi connectivity index (χ4n) is 3.12. The molecule has 2 saturated heterocycles. The standard InChI is InChI=1S/C18H26BNO5/c1-17(2)18(3,4)25-19(24-17)14-7-6-12(10-15(14)23-5)16(22)20-9-8-13(21)11-20/h6-7,10,13,21H,8-9,11H2,1-5H3/t13-/m0/s1. The van der Waals surface area contributed by atoms with Crippen LogP contribution in [0.5, 0.6) is 5.75 Å². The molecular weight excluding hydrogens is 321 g/mol. The summed E-state index contributed by atoms with van der Waals surface area (Å²) < 4.78 is 17.6. The molecule has 1 aromatic rings. The van der Waals surface area contributed by atoms with Crippen LogP contribution in [0.2, 0.25) is 0 Å². The Kier molecular flexibility index (Phi) is 4.60. The van der Waals surface area contributed by atoms with Crippen LogP contribution in [0.4, 0.5) is 0 Å². The second-order valence-corrected chi connectivity index (χ2v) is 7.74. The van der Waals surface area contributed by atoms with Gasteiger partial charge in [0.25, 0.3) is 5.91 Å². The SMILES string of the molecule is COc1cc(C(=O)N2CC[C@H](O)C2)ccc1B1OC(C)(C)C(C)(C)O1. The molecule has 0 saturated carbocycles. The lowest BCUT2D eigenvalue weighted by Crippen LogP contribution is -2.41. The molecule has 2 aliphatic heterocycles. The van der Waals surface area contributed by atoms with Gasteiger partial charge < -0.3 is 24.1 Å². The number of methoxy groups -OCH3 is 1. The van der Waals surface area contributed by atoms with E-state index in [1.807, 2.05) is 33.8 Å². The highest BCUT2D eigenvalue weighted by atomic mass is 16.7. The van der Waals surface area contributed by atoms with Crippen molar-refractivity contribution in [2.75, 3.05) is 20.2 Å². The van der Waals surface area contributed by atoms with Crippen LogP contribution in [0.15, 0.2) is 18.2 Å². The van der Waals surface area contributed by atoms with E-state index in [0.29, 0.717) is 30.8 Å². The number of aliphatic hydroxyl groups is 1. The van der Waals surface area contributed by atoms with Gasteiger partial charge in [-0.25, -0.2) is 0 Å². The number of likely N-dealkylation sites (tertiary alicyclic amines) is 1. The first-order chi connectivity index (χ1) is 11.6. The molecule has 2 fully saturated rings. The van der Waals surface area contributed by atoms with Gasteiger partial charge in [0.15, 0.2) is 0 Å². The second-order valence-electron chi connectivity index (χ2n) is 7.74. The Hall–Kier alpha value is -1.57. The van der Waals surface area contributed by atoms with Gasteiger partial charge in [-0.05, 0) is 46.2 Å². The molecule has 0 spiro atoms. The van der Waals surface area contributed by atoms with Crippen LogP contribution < -0.4 is 10.2 Å². The zero-order chi connectivity index (χ0) is 18.4. The number of rotatable bonds is 3. The van der Waals surface area contributed by atoms with Crippen molar-refractivity contribution in [3.05, 3.63) is 23.8 Å². The average molecular weight is 347 g/mol. The van der Waals surface area contributed by atoms with Crippen LogP contribution in [0, 0.1) is 0 Å². The number of hydrogen-bond donors (Lipinski definition) is 1. The van der Waals surface area contributed by atoms with Gasteiger partial charge in [-0.1, -0.05) is 6.07 Å². The minimum Gasteiger partial charge on any atom is -0.497 e. The van der Waals surface area contributed by atoms with Gasteiger partial charge in [-0.15, -0.1) is 0 Å². The van der Waals surface area contributed by atoms with Crippen molar-refractivity contribution in [3.8, 4) is 5.75 Å². The molecule has 0 aliphatic carbocycles. The van der Waals surface area contributed by atoms with E-state index in [4.69, 9.17) is 14.0 Å². The Morgan fingerprint density at radius 2 is 1.92 bits per heavy atom. The molecule has 1 aromatic carbocycles. The molecule has 1 N–H and O–H groups in total. The van der Waals surface area contributed by atoms with Gasteiger partial charge in [-0.2, -0.15) is 0 Å². The van der Waals surface area contributed by atoms with Gasteiger partial charge >= 0.3 is 7.12 Å². The third kappa shape index (κ3) is 3.28. The third-order valence-electron chi connectivity index (χ3n) is 5.44. The summed E-state index contributed by atoms with van der Waals surface area (Å²) in [4.78, 5) is 14.3. The first-order valence-corrected chi connectivity index (χ1v) is 8.65. The Morgan fingerprint density at radius 3 is 2.44 bits per heavy atom. The second kappa shape index (κ2) is 6.30. The van der Waals surface area contributed by atoms with E-state index < -0.39 is 24.4 Å². The number of benzene rings is 1. The number of nitrogens with zero attached hydrogens (tertiary/aromatic N) is 1. The van der Waals surface area contributed by atoms with Crippen molar-refractivity contribution in [1.29, 1.82) is 0 Å². The van der Waals surface area contributed by atoms with E-state index >= 15 is 0 Å².